The van der Waals surface area contributed by atoms with E-state index in [4.69, 9.17) is 0 Å². The highest BCUT2D eigenvalue weighted by Gasteiger charge is 2.19. The highest BCUT2D eigenvalue weighted by atomic mass is 16.1. The molecular weight excluding hydrogens is 304 g/mol. The van der Waals surface area contributed by atoms with Crippen LogP contribution in [-0.2, 0) is 0 Å². The summed E-state index contributed by atoms with van der Waals surface area (Å²) >= 11 is 0. The van der Waals surface area contributed by atoms with Crippen molar-refractivity contribution >= 4 is 11.4 Å². The van der Waals surface area contributed by atoms with Crippen LogP contribution >= 0.6 is 0 Å². The molecule has 0 aliphatic rings. The molecule has 0 aliphatic carbocycles. The van der Waals surface area contributed by atoms with Gasteiger partial charge in [0.1, 0.15) is 0 Å². The summed E-state index contributed by atoms with van der Waals surface area (Å²) in [6.07, 6.45) is 8.80. The molecule has 0 saturated heterocycles. The first-order valence-electron chi connectivity index (χ1n) is 9.56. The Labute approximate surface area is 152 Å². The van der Waals surface area contributed by atoms with Crippen LogP contribution in [0.4, 0.5) is 0 Å². The Bertz CT molecular complexity index is 655. The van der Waals surface area contributed by atoms with Gasteiger partial charge in [0, 0.05) is 12.0 Å². The van der Waals surface area contributed by atoms with Gasteiger partial charge in [0.15, 0.2) is 5.78 Å². The minimum absolute atomic E-state index is 0.247. The number of unbranched alkanes of at least 4 members (excludes halogenated alkanes) is 3. The molecule has 1 unspecified atom stereocenters. The van der Waals surface area contributed by atoms with Crippen molar-refractivity contribution in [2.24, 2.45) is 5.92 Å². The van der Waals surface area contributed by atoms with Crippen molar-refractivity contribution in [2.75, 3.05) is 0 Å². The van der Waals surface area contributed by atoms with Crippen LogP contribution < -0.4 is 0 Å². The van der Waals surface area contributed by atoms with Gasteiger partial charge in [-0.2, -0.15) is 0 Å². The van der Waals surface area contributed by atoms with Crippen LogP contribution in [0.15, 0.2) is 66.7 Å². The van der Waals surface area contributed by atoms with Crippen molar-refractivity contribution in [1.29, 1.82) is 0 Å². The van der Waals surface area contributed by atoms with Gasteiger partial charge >= 0.3 is 0 Å². The van der Waals surface area contributed by atoms with E-state index in [-0.39, 0.29) is 11.7 Å². The minimum Gasteiger partial charge on any atom is -0.294 e. The standard InChI is InChI=1S/C24H30O/c1-3-5-6-9-18-22(19-24(25)21-16-12-8-13-17-21)23(4-2)20-14-10-7-11-15-20/h4,7-8,10-17,22H,3,5-6,9,18-19H2,1-2H3/b23-4+. The first kappa shape index (κ1) is 19.2. The number of rotatable bonds is 10. The van der Waals surface area contributed by atoms with Gasteiger partial charge in [0.25, 0.3) is 0 Å². The topological polar surface area (TPSA) is 17.1 Å². The Hall–Kier alpha value is -2.15. The molecule has 25 heavy (non-hydrogen) atoms. The van der Waals surface area contributed by atoms with Gasteiger partial charge in [-0.05, 0) is 30.4 Å². The van der Waals surface area contributed by atoms with E-state index in [1.807, 2.05) is 36.4 Å². The summed E-state index contributed by atoms with van der Waals surface area (Å²) in [5.41, 5.74) is 3.37. The molecule has 1 heteroatoms. The van der Waals surface area contributed by atoms with Gasteiger partial charge in [-0.15, -0.1) is 0 Å². The number of hydrogen-bond acceptors (Lipinski definition) is 1. The smallest absolute Gasteiger partial charge is 0.163 e. The number of carbonyl (C=O) groups is 1. The molecule has 0 fully saturated rings. The molecule has 2 rings (SSSR count). The Balaban J connectivity index is 2.15. The minimum atomic E-state index is 0.247. The molecule has 132 valence electrons. The summed E-state index contributed by atoms with van der Waals surface area (Å²) in [5, 5.41) is 0. The van der Waals surface area contributed by atoms with Crippen molar-refractivity contribution in [3.63, 3.8) is 0 Å². The van der Waals surface area contributed by atoms with Crippen molar-refractivity contribution in [2.45, 2.75) is 52.4 Å². The van der Waals surface area contributed by atoms with E-state index in [1.165, 1.54) is 36.8 Å². The third-order valence-electron chi connectivity index (χ3n) is 4.79. The highest BCUT2D eigenvalue weighted by molar-refractivity contribution is 5.97. The fourth-order valence-electron chi connectivity index (χ4n) is 3.42. The summed E-state index contributed by atoms with van der Waals surface area (Å²) in [4.78, 5) is 12.8. The van der Waals surface area contributed by atoms with Crippen LogP contribution in [0.1, 0.15) is 68.3 Å². The lowest BCUT2D eigenvalue weighted by atomic mass is 9.83. The van der Waals surface area contributed by atoms with E-state index in [1.54, 1.807) is 0 Å². The summed E-state index contributed by atoms with van der Waals surface area (Å²) in [6, 6.07) is 20.2. The van der Waals surface area contributed by atoms with E-state index in [0.29, 0.717) is 6.42 Å². The van der Waals surface area contributed by atoms with E-state index < -0.39 is 0 Å². The van der Waals surface area contributed by atoms with E-state index in [2.05, 4.69) is 44.2 Å². The molecule has 0 radical (unpaired) electrons. The molecule has 0 heterocycles. The third kappa shape index (κ3) is 6.01. The Morgan fingerprint density at radius 3 is 2.04 bits per heavy atom. The van der Waals surface area contributed by atoms with Gasteiger partial charge in [-0.25, -0.2) is 0 Å². The fourth-order valence-corrected chi connectivity index (χ4v) is 3.42. The zero-order valence-corrected chi connectivity index (χ0v) is 15.6. The molecule has 0 spiro atoms. The van der Waals surface area contributed by atoms with Crippen LogP contribution in [0.25, 0.3) is 5.57 Å². The summed E-state index contributed by atoms with van der Waals surface area (Å²) in [6.45, 7) is 4.33. The predicted molar refractivity (Wildman–Crippen MR) is 108 cm³/mol. The van der Waals surface area contributed by atoms with Gasteiger partial charge in [0.05, 0.1) is 0 Å². The Kier molecular flexibility index (Phi) is 8.18. The van der Waals surface area contributed by atoms with Crippen molar-refractivity contribution in [1.82, 2.24) is 0 Å². The second-order valence-corrected chi connectivity index (χ2v) is 6.65. The van der Waals surface area contributed by atoms with E-state index >= 15 is 0 Å². The molecule has 0 saturated carbocycles. The lowest BCUT2D eigenvalue weighted by Crippen LogP contribution is -2.11. The van der Waals surface area contributed by atoms with Crippen LogP contribution in [0.3, 0.4) is 0 Å². The molecule has 1 atom stereocenters. The number of benzene rings is 2. The maximum atomic E-state index is 12.8. The number of ketones is 1. The van der Waals surface area contributed by atoms with Crippen molar-refractivity contribution in [3.8, 4) is 0 Å². The molecular formula is C24H30O. The Morgan fingerprint density at radius 1 is 0.880 bits per heavy atom. The monoisotopic (exact) mass is 334 g/mol. The largest absolute Gasteiger partial charge is 0.294 e. The molecule has 0 amide bonds. The zero-order chi connectivity index (χ0) is 17.9. The first-order chi connectivity index (χ1) is 12.3. The number of carbonyl (C=O) groups excluding carboxylic acids is 1. The van der Waals surface area contributed by atoms with Gasteiger partial charge in [-0.3, -0.25) is 4.79 Å². The lowest BCUT2D eigenvalue weighted by molar-refractivity contribution is 0.0968. The second kappa shape index (κ2) is 10.7. The quantitative estimate of drug-likeness (QED) is 0.339. The number of allylic oxidation sites excluding steroid dienone is 2. The van der Waals surface area contributed by atoms with Crippen molar-refractivity contribution in [3.05, 3.63) is 77.9 Å². The predicted octanol–water partition coefficient (Wildman–Crippen LogP) is 6.95. The molecule has 1 nitrogen and oxygen atoms in total. The first-order valence-corrected chi connectivity index (χ1v) is 9.56. The van der Waals surface area contributed by atoms with Gasteiger partial charge in [0.2, 0.25) is 0 Å². The molecule has 2 aromatic rings. The maximum Gasteiger partial charge on any atom is 0.163 e. The van der Waals surface area contributed by atoms with Crippen LogP contribution in [0.2, 0.25) is 0 Å². The maximum absolute atomic E-state index is 12.8. The summed E-state index contributed by atoms with van der Waals surface area (Å²) < 4.78 is 0. The average molecular weight is 335 g/mol. The van der Waals surface area contributed by atoms with Crippen molar-refractivity contribution < 1.29 is 4.79 Å². The normalized spacial score (nSPS) is 12.8. The lowest BCUT2D eigenvalue weighted by Gasteiger charge is -2.20. The fraction of sp³-hybridized carbons (Fsp3) is 0.375. The van der Waals surface area contributed by atoms with Gasteiger partial charge in [-0.1, -0.05) is 99.3 Å². The third-order valence-corrected chi connectivity index (χ3v) is 4.79. The highest BCUT2D eigenvalue weighted by Crippen LogP contribution is 2.31. The number of hydrogen-bond donors (Lipinski definition) is 0. The molecule has 0 N–H and O–H groups in total. The van der Waals surface area contributed by atoms with Crippen LogP contribution in [0.5, 0.6) is 0 Å². The zero-order valence-electron chi connectivity index (χ0n) is 15.6. The second-order valence-electron chi connectivity index (χ2n) is 6.65. The molecule has 0 aromatic heterocycles. The number of Topliss-reactive ketones (excluding diaryl/α,β-unsaturated/α-hetero) is 1. The van der Waals surface area contributed by atoms with E-state index in [9.17, 15) is 4.79 Å². The summed E-state index contributed by atoms with van der Waals surface area (Å²) in [7, 11) is 0. The average Bonchev–Trinajstić information content (AvgIpc) is 2.67. The molecule has 2 aromatic carbocycles. The summed E-state index contributed by atoms with van der Waals surface area (Å²) in [5.74, 6) is 0.535. The van der Waals surface area contributed by atoms with Gasteiger partial charge < -0.3 is 0 Å². The van der Waals surface area contributed by atoms with Crippen LogP contribution in [0, 0.1) is 5.92 Å². The molecule has 0 aliphatic heterocycles. The van der Waals surface area contributed by atoms with E-state index in [0.717, 1.165) is 12.0 Å². The van der Waals surface area contributed by atoms with Crippen LogP contribution in [-0.4, -0.2) is 5.78 Å². The SMILES string of the molecule is C/C=C(\c1ccccc1)C(CCCCCC)CC(=O)c1ccccc1. The Morgan fingerprint density at radius 2 is 1.48 bits per heavy atom. The molecule has 0 bridgehead atoms.